The fraction of sp³-hybridized carbons (Fsp3) is 0.316. The monoisotopic (exact) mass is 362 g/mol. The van der Waals surface area contributed by atoms with Crippen molar-refractivity contribution < 1.29 is 13.9 Å². The summed E-state index contributed by atoms with van der Waals surface area (Å²) in [5.41, 5.74) is 1.13. The van der Waals surface area contributed by atoms with Gasteiger partial charge in [0.15, 0.2) is 0 Å². The van der Waals surface area contributed by atoms with Crippen LogP contribution in [0.1, 0.15) is 18.4 Å². The van der Waals surface area contributed by atoms with Crippen LogP contribution >= 0.6 is 11.6 Å². The molecular formula is C19H20ClFN2O2. The number of likely N-dealkylation sites (N-methyl/N-ethyl adjacent to an activating group) is 1. The second kappa shape index (κ2) is 7.85. The van der Waals surface area contributed by atoms with Crippen molar-refractivity contribution in [3.63, 3.8) is 0 Å². The molecule has 132 valence electrons. The molecule has 0 spiro atoms. The first-order chi connectivity index (χ1) is 12.1. The van der Waals surface area contributed by atoms with Crippen molar-refractivity contribution in [2.45, 2.75) is 18.9 Å². The second-order valence-corrected chi connectivity index (χ2v) is 6.43. The van der Waals surface area contributed by atoms with Crippen molar-refractivity contribution in [3.8, 4) is 5.75 Å². The average molecular weight is 363 g/mol. The molecule has 1 aliphatic heterocycles. The third-order valence-corrected chi connectivity index (χ3v) is 4.73. The van der Waals surface area contributed by atoms with Crippen LogP contribution in [0, 0.1) is 5.82 Å². The summed E-state index contributed by atoms with van der Waals surface area (Å²) < 4.78 is 18.4. The van der Waals surface area contributed by atoms with Crippen LogP contribution in [0.3, 0.4) is 0 Å². The zero-order chi connectivity index (χ0) is 17.8. The number of halogens is 2. The molecule has 2 atom stereocenters. The number of rotatable bonds is 4. The summed E-state index contributed by atoms with van der Waals surface area (Å²) in [5.74, 6) is 0.131. The molecule has 0 aliphatic carbocycles. The number of amides is 1. The molecule has 0 bridgehead atoms. The number of nitrogens with one attached hydrogen (secondary N) is 1. The van der Waals surface area contributed by atoms with Crippen molar-refractivity contribution >= 4 is 17.7 Å². The van der Waals surface area contributed by atoms with Gasteiger partial charge in [0.2, 0.25) is 0 Å². The molecule has 6 heteroatoms. The summed E-state index contributed by atoms with van der Waals surface area (Å²) in [7, 11) is 0. The predicted octanol–water partition coefficient (Wildman–Crippen LogP) is 4.06. The highest BCUT2D eigenvalue weighted by Crippen LogP contribution is 2.28. The molecule has 2 aromatic rings. The Bertz CT molecular complexity index is 721. The van der Waals surface area contributed by atoms with E-state index in [9.17, 15) is 9.18 Å². The van der Waals surface area contributed by atoms with E-state index in [4.69, 9.17) is 16.3 Å². The van der Waals surface area contributed by atoms with Gasteiger partial charge in [-0.25, -0.2) is 9.18 Å². The lowest BCUT2D eigenvalue weighted by molar-refractivity contribution is 0.134. The molecule has 25 heavy (non-hydrogen) atoms. The van der Waals surface area contributed by atoms with Crippen molar-refractivity contribution in [2.24, 2.45) is 0 Å². The second-order valence-electron chi connectivity index (χ2n) is 5.99. The molecule has 1 saturated heterocycles. The lowest BCUT2D eigenvalue weighted by atomic mass is 9.93. The number of carbonyl (C=O) groups excluding carboxylic acids is 1. The zero-order valence-corrected chi connectivity index (χ0v) is 14.7. The molecule has 4 nitrogen and oxygen atoms in total. The van der Waals surface area contributed by atoms with E-state index in [2.05, 4.69) is 5.32 Å². The number of hydrogen-bond acceptors (Lipinski definition) is 3. The molecule has 1 N–H and O–H groups in total. The normalized spacial score (nSPS) is 19.6. The van der Waals surface area contributed by atoms with Gasteiger partial charge in [-0.15, -0.1) is 0 Å². The standard InChI is InChI=1S/C19H20ClFN2O2/c1-2-23(19(24)25-16-9-7-15(21)8-10-16)18-12-22-11-17(18)13-3-5-14(20)6-4-13/h3-10,17-18,22H,2,11-12H2,1H3/t17-,18+/m0/s1. The van der Waals surface area contributed by atoms with Crippen LogP contribution in [0.25, 0.3) is 0 Å². The Hall–Kier alpha value is -2.11. The minimum absolute atomic E-state index is 0.0147. The van der Waals surface area contributed by atoms with E-state index in [0.717, 1.165) is 12.1 Å². The molecule has 1 fully saturated rings. The number of nitrogens with zero attached hydrogens (tertiary/aromatic N) is 1. The highest BCUT2D eigenvalue weighted by molar-refractivity contribution is 6.30. The first-order valence-electron chi connectivity index (χ1n) is 8.28. The molecular weight excluding hydrogens is 343 g/mol. The Morgan fingerprint density at radius 1 is 1.20 bits per heavy atom. The fourth-order valence-corrected chi connectivity index (χ4v) is 3.33. The molecule has 2 aromatic carbocycles. The highest BCUT2D eigenvalue weighted by atomic mass is 35.5. The van der Waals surface area contributed by atoms with Crippen LogP contribution in [-0.4, -0.2) is 36.7 Å². The largest absolute Gasteiger partial charge is 0.415 e. The van der Waals surface area contributed by atoms with Crippen molar-refractivity contribution in [2.75, 3.05) is 19.6 Å². The summed E-state index contributed by atoms with van der Waals surface area (Å²) in [4.78, 5) is 14.3. The quantitative estimate of drug-likeness (QED) is 0.892. The SMILES string of the molecule is CCN(C(=O)Oc1ccc(F)cc1)[C@@H]1CNC[C@H]1c1ccc(Cl)cc1. The Balaban J connectivity index is 1.75. The number of benzene rings is 2. The third-order valence-electron chi connectivity index (χ3n) is 4.47. The van der Waals surface area contributed by atoms with E-state index in [0.29, 0.717) is 23.9 Å². The Labute approximate surface area is 151 Å². The van der Waals surface area contributed by atoms with Crippen LogP contribution in [0.2, 0.25) is 5.02 Å². The van der Waals surface area contributed by atoms with Gasteiger partial charge < -0.3 is 15.0 Å². The van der Waals surface area contributed by atoms with Gasteiger partial charge in [-0.2, -0.15) is 0 Å². The molecule has 0 saturated carbocycles. The van der Waals surface area contributed by atoms with E-state index in [1.165, 1.54) is 24.3 Å². The lowest BCUT2D eigenvalue weighted by Gasteiger charge is -2.31. The molecule has 1 aliphatic rings. The molecule has 3 rings (SSSR count). The summed E-state index contributed by atoms with van der Waals surface area (Å²) in [5, 5.41) is 4.03. The van der Waals surface area contributed by atoms with Crippen LogP contribution < -0.4 is 10.1 Å². The van der Waals surface area contributed by atoms with Crippen LogP contribution in [0.4, 0.5) is 9.18 Å². The summed E-state index contributed by atoms with van der Waals surface area (Å²) >= 11 is 5.97. The minimum Gasteiger partial charge on any atom is -0.410 e. The van der Waals surface area contributed by atoms with Gasteiger partial charge in [0, 0.05) is 30.6 Å². The van der Waals surface area contributed by atoms with Crippen LogP contribution in [-0.2, 0) is 0 Å². The number of ether oxygens (including phenoxy) is 1. The maximum Gasteiger partial charge on any atom is 0.415 e. The maximum atomic E-state index is 13.0. The lowest BCUT2D eigenvalue weighted by Crippen LogP contribution is -2.45. The Morgan fingerprint density at radius 3 is 2.52 bits per heavy atom. The molecule has 0 aromatic heterocycles. The van der Waals surface area contributed by atoms with Gasteiger partial charge in [-0.05, 0) is 48.9 Å². The van der Waals surface area contributed by atoms with Gasteiger partial charge >= 0.3 is 6.09 Å². The Kier molecular flexibility index (Phi) is 5.56. The molecule has 0 radical (unpaired) electrons. The predicted molar refractivity (Wildman–Crippen MR) is 95.7 cm³/mol. The first-order valence-corrected chi connectivity index (χ1v) is 8.66. The van der Waals surface area contributed by atoms with Gasteiger partial charge in [0.25, 0.3) is 0 Å². The van der Waals surface area contributed by atoms with Gasteiger partial charge in [0.1, 0.15) is 11.6 Å². The summed E-state index contributed by atoms with van der Waals surface area (Å²) in [6.07, 6.45) is -0.429. The van der Waals surface area contributed by atoms with E-state index < -0.39 is 6.09 Å². The minimum atomic E-state index is -0.429. The van der Waals surface area contributed by atoms with Crippen molar-refractivity contribution in [1.29, 1.82) is 0 Å². The molecule has 1 heterocycles. The zero-order valence-electron chi connectivity index (χ0n) is 13.9. The summed E-state index contributed by atoms with van der Waals surface area (Å²) in [6.45, 7) is 3.92. The first kappa shape index (κ1) is 17.7. The van der Waals surface area contributed by atoms with Gasteiger partial charge in [-0.3, -0.25) is 0 Å². The smallest absolute Gasteiger partial charge is 0.410 e. The van der Waals surface area contributed by atoms with Crippen molar-refractivity contribution in [1.82, 2.24) is 10.2 Å². The third kappa shape index (κ3) is 4.11. The number of hydrogen-bond donors (Lipinski definition) is 1. The molecule has 0 unspecified atom stereocenters. The highest BCUT2D eigenvalue weighted by Gasteiger charge is 2.35. The topological polar surface area (TPSA) is 41.6 Å². The van der Waals surface area contributed by atoms with Crippen LogP contribution in [0.5, 0.6) is 5.75 Å². The van der Waals surface area contributed by atoms with Crippen molar-refractivity contribution in [3.05, 3.63) is 64.9 Å². The van der Waals surface area contributed by atoms with E-state index in [-0.39, 0.29) is 17.8 Å². The number of carbonyl (C=O) groups is 1. The van der Waals surface area contributed by atoms with E-state index in [1.807, 2.05) is 31.2 Å². The fourth-order valence-electron chi connectivity index (χ4n) is 3.20. The molecule has 1 amide bonds. The average Bonchev–Trinajstić information content (AvgIpc) is 3.08. The van der Waals surface area contributed by atoms with Gasteiger partial charge in [-0.1, -0.05) is 23.7 Å². The van der Waals surface area contributed by atoms with Gasteiger partial charge in [0.05, 0.1) is 6.04 Å². The maximum absolute atomic E-state index is 13.0. The van der Waals surface area contributed by atoms with E-state index in [1.54, 1.807) is 4.90 Å². The van der Waals surface area contributed by atoms with E-state index >= 15 is 0 Å². The van der Waals surface area contributed by atoms with Crippen LogP contribution in [0.15, 0.2) is 48.5 Å². The summed E-state index contributed by atoms with van der Waals surface area (Å²) in [6, 6.07) is 13.1. The Morgan fingerprint density at radius 2 is 1.88 bits per heavy atom.